The van der Waals surface area contributed by atoms with Gasteiger partial charge in [0, 0.05) is 13.5 Å². The maximum Gasteiger partial charge on any atom is 0.329 e. The van der Waals surface area contributed by atoms with Crippen LogP contribution in [-0.2, 0) is 16.6 Å². The molecule has 0 aliphatic carbocycles. The Morgan fingerprint density at radius 3 is 2.65 bits per heavy atom. The van der Waals surface area contributed by atoms with E-state index < -0.39 is 11.9 Å². The van der Waals surface area contributed by atoms with E-state index in [9.17, 15) is 14.4 Å². The Balaban J connectivity index is 2.15. The summed E-state index contributed by atoms with van der Waals surface area (Å²) in [6.07, 6.45) is 1.63. The van der Waals surface area contributed by atoms with Crippen molar-refractivity contribution in [1.82, 2.24) is 14.5 Å². The number of nitrogens with zero attached hydrogens (tertiary/aromatic N) is 2. The zero-order valence-corrected chi connectivity index (χ0v) is 13.6. The molecule has 122 valence electrons. The van der Waals surface area contributed by atoms with Crippen LogP contribution in [0.1, 0.15) is 50.6 Å². The SMILES string of the molecule is CCC(C)c1ccc2c(c1)n(C)c(=O)n2[C@H]1CCC(=O)NC1=O. The van der Waals surface area contributed by atoms with Gasteiger partial charge in [-0.05, 0) is 36.5 Å². The predicted octanol–water partition coefficient (Wildman–Crippen LogP) is 1.83. The Morgan fingerprint density at radius 1 is 1.26 bits per heavy atom. The average Bonchev–Trinajstić information content (AvgIpc) is 2.78. The number of rotatable bonds is 3. The number of fused-ring (bicyclic) bond motifs is 1. The molecule has 1 N–H and O–H groups in total. The number of benzene rings is 1. The molecule has 2 heterocycles. The molecule has 0 saturated carbocycles. The van der Waals surface area contributed by atoms with Gasteiger partial charge in [-0.2, -0.15) is 0 Å². The van der Waals surface area contributed by atoms with Crippen LogP contribution < -0.4 is 11.0 Å². The second-order valence-electron chi connectivity index (χ2n) is 6.24. The maximum atomic E-state index is 12.6. The zero-order valence-electron chi connectivity index (χ0n) is 13.6. The summed E-state index contributed by atoms with van der Waals surface area (Å²) in [4.78, 5) is 36.1. The van der Waals surface area contributed by atoms with Gasteiger partial charge in [0.1, 0.15) is 6.04 Å². The van der Waals surface area contributed by atoms with Crippen LogP contribution in [0.5, 0.6) is 0 Å². The van der Waals surface area contributed by atoms with Crippen molar-refractivity contribution in [2.75, 3.05) is 0 Å². The molecule has 2 aromatic rings. The highest BCUT2D eigenvalue weighted by Gasteiger charge is 2.31. The molecule has 1 aliphatic rings. The first-order chi connectivity index (χ1) is 10.9. The van der Waals surface area contributed by atoms with E-state index in [1.54, 1.807) is 11.6 Å². The van der Waals surface area contributed by atoms with E-state index in [-0.39, 0.29) is 18.0 Å². The highest BCUT2D eigenvalue weighted by atomic mass is 16.2. The topological polar surface area (TPSA) is 73.1 Å². The highest BCUT2D eigenvalue weighted by Crippen LogP contribution is 2.26. The predicted molar refractivity (Wildman–Crippen MR) is 87.3 cm³/mol. The van der Waals surface area contributed by atoms with Crippen molar-refractivity contribution in [1.29, 1.82) is 0 Å². The molecule has 1 aromatic carbocycles. The summed E-state index contributed by atoms with van der Waals surface area (Å²) >= 11 is 0. The smallest absolute Gasteiger partial charge is 0.295 e. The second kappa shape index (κ2) is 5.68. The first-order valence-corrected chi connectivity index (χ1v) is 7.98. The van der Waals surface area contributed by atoms with Crippen molar-refractivity contribution in [3.05, 3.63) is 34.2 Å². The lowest BCUT2D eigenvalue weighted by atomic mass is 9.98. The van der Waals surface area contributed by atoms with Crippen LogP contribution in [0, 0.1) is 0 Å². The normalized spacial score (nSPS) is 19.9. The number of imidazole rings is 1. The first kappa shape index (κ1) is 15.5. The summed E-state index contributed by atoms with van der Waals surface area (Å²) in [5, 5.41) is 2.32. The summed E-state index contributed by atoms with van der Waals surface area (Å²) in [6, 6.07) is 5.31. The van der Waals surface area contributed by atoms with Gasteiger partial charge in [-0.3, -0.25) is 24.0 Å². The minimum Gasteiger partial charge on any atom is -0.295 e. The van der Waals surface area contributed by atoms with Crippen LogP contribution >= 0.6 is 0 Å². The number of aromatic nitrogens is 2. The molecule has 1 saturated heterocycles. The van der Waals surface area contributed by atoms with Crippen LogP contribution in [0.15, 0.2) is 23.0 Å². The largest absolute Gasteiger partial charge is 0.329 e. The van der Waals surface area contributed by atoms with E-state index in [1.807, 2.05) is 18.2 Å². The van der Waals surface area contributed by atoms with Gasteiger partial charge in [0.05, 0.1) is 11.0 Å². The molecule has 23 heavy (non-hydrogen) atoms. The minimum absolute atomic E-state index is 0.226. The molecule has 2 amide bonds. The van der Waals surface area contributed by atoms with Crippen molar-refractivity contribution >= 4 is 22.8 Å². The van der Waals surface area contributed by atoms with Gasteiger partial charge in [-0.1, -0.05) is 19.9 Å². The van der Waals surface area contributed by atoms with Gasteiger partial charge in [0.15, 0.2) is 0 Å². The first-order valence-electron chi connectivity index (χ1n) is 7.98. The molecule has 1 fully saturated rings. The van der Waals surface area contributed by atoms with Crippen LogP contribution in [0.25, 0.3) is 11.0 Å². The summed E-state index contributed by atoms with van der Waals surface area (Å²) in [5.41, 5.74) is 2.50. The summed E-state index contributed by atoms with van der Waals surface area (Å²) in [7, 11) is 1.72. The van der Waals surface area contributed by atoms with Gasteiger partial charge >= 0.3 is 5.69 Å². The molecule has 2 atom stereocenters. The van der Waals surface area contributed by atoms with Crippen LogP contribution in [0.4, 0.5) is 0 Å². The minimum atomic E-state index is -0.627. The Kier molecular flexibility index (Phi) is 3.83. The monoisotopic (exact) mass is 315 g/mol. The second-order valence-corrected chi connectivity index (χ2v) is 6.24. The number of nitrogens with one attached hydrogen (secondary N) is 1. The number of carbonyl (C=O) groups excluding carboxylic acids is 2. The molecule has 1 aliphatic heterocycles. The third kappa shape index (κ3) is 2.48. The Hall–Kier alpha value is -2.37. The van der Waals surface area contributed by atoms with E-state index in [0.29, 0.717) is 12.3 Å². The van der Waals surface area contributed by atoms with Gasteiger partial charge in [0.25, 0.3) is 0 Å². The number of imide groups is 1. The zero-order chi connectivity index (χ0) is 16.7. The number of amides is 2. The molecule has 0 radical (unpaired) electrons. The van der Waals surface area contributed by atoms with Gasteiger partial charge in [0.2, 0.25) is 11.8 Å². The number of hydrogen-bond donors (Lipinski definition) is 1. The fourth-order valence-corrected chi connectivity index (χ4v) is 3.15. The number of aryl methyl sites for hydroxylation is 1. The lowest BCUT2D eigenvalue weighted by molar-refractivity contribution is -0.135. The third-order valence-electron chi connectivity index (χ3n) is 4.82. The molecule has 0 spiro atoms. The van der Waals surface area contributed by atoms with E-state index in [0.717, 1.165) is 17.5 Å². The van der Waals surface area contributed by atoms with Crippen LogP contribution in [0.2, 0.25) is 0 Å². The lowest BCUT2D eigenvalue weighted by Crippen LogP contribution is -2.44. The molecule has 1 aromatic heterocycles. The van der Waals surface area contributed by atoms with E-state index in [4.69, 9.17) is 0 Å². The van der Waals surface area contributed by atoms with Crippen molar-refractivity contribution in [3.63, 3.8) is 0 Å². The summed E-state index contributed by atoms with van der Waals surface area (Å²) < 4.78 is 3.09. The number of piperidine rings is 1. The molecular weight excluding hydrogens is 294 g/mol. The van der Waals surface area contributed by atoms with Crippen molar-refractivity contribution < 1.29 is 9.59 Å². The summed E-state index contributed by atoms with van der Waals surface area (Å²) in [5.74, 6) is -0.270. The molecule has 1 unspecified atom stereocenters. The van der Waals surface area contributed by atoms with Gasteiger partial charge in [-0.15, -0.1) is 0 Å². The molecule has 6 heteroatoms. The van der Waals surface area contributed by atoms with E-state index in [1.165, 1.54) is 10.1 Å². The van der Waals surface area contributed by atoms with E-state index >= 15 is 0 Å². The van der Waals surface area contributed by atoms with Crippen LogP contribution in [0.3, 0.4) is 0 Å². The Morgan fingerprint density at radius 2 is 2.00 bits per heavy atom. The number of carbonyl (C=O) groups is 2. The van der Waals surface area contributed by atoms with Gasteiger partial charge < -0.3 is 0 Å². The average molecular weight is 315 g/mol. The quantitative estimate of drug-likeness (QED) is 0.878. The number of hydrogen-bond acceptors (Lipinski definition) is 3. The maximum absolute atomic E-state index is 12.6. The Labute approximate surface area is 134 Å². The van der Waals surface area contributed by atoms with Crippen molar-refractivity contribution in [2.45, 2.75) is 45.1 Å². The standard InChI is InChI=1S/C17H21N3O3/c1-4-10(2)11-5-6-12-14(9-11)19(3)17(23)20(12)13-7-8-15(21)18-16(13)22/h5-6,9-10,13H,4,7-8H2,1-3H3,(H,18,21,22)/t10?,13-/m0/s1. The van der Waals surface area contributed by atoms with Crippen molar-refractivity contribution in [2.24, 2.45) is 7.05 Å². The van der Waals surface area contributed by atoms with Crippen LogP contribution in [-0.4, -0.2) is 20.9 Å². The van der Waals surface area contributed by atoms with Gasteiger partial charge in [-0.25, -0.2) is 4.79 Å². The van der Waals surface area contributed by atoms with Crippen molar-refractivity contribution in [3.8, 4) is 0 Å². The molecule has 6 nitrogen and oxygen atoms in total. The molecule has 3 rings (SSSR count). The third-order valence-corrected chi connectivity index (χ3v) is 4.82. The molecule has 0 bridgehead atoms. The molecular formula is C17H21N3O3. The summed E-state index contributed by atoms with van der Waals surface area (Å²) in [6.45, 7) is 4.28. The Bertz CT molecular complexity index is 847. The fourth-order valence-electron chi connectivity index (χ4n) is 3.15. The van der Waals surface area contributed by atoms with E-state index in [2.05, 4.69) is 19.2 Å². The fraction of sp³-hybridized carbons (Fsp3) is 0.471. The lowest BCUT2D eigenvalue weighted by Gasteiger charge is -2.22. The highest BCUT2D eigenvalue weighted by molar-refractivity contribution is 6.00.